The average Bonchev–Trinajstić information content (AvgIpc) is 2.96. The van der Waals surface area contributed by atoms with Crippen molar-refractivity contribution in [2.75, 3.05) is 33.0 Å². The van der Waals surface area contributed by atoms with E-state index >= 15 is 0 Å². The van der Waals surface area contributed by atoms with Crippen molar-refractivity contribution in [3.05, 3.63) is 29.6 Å². The van der Waals surface area contributed by atoms with Crippen LogP contribution in [0.15, 0.2) is 18.2 Å². The number of hydrogen-bond acceptors (Lipinski definition) is 4. The molecule has 0 radical (unpaired) electrons. The van der Waals surface area contributed by atoms with Gasteiger partial charge in [0.1, 0.15) is 5.69 Å². The smallest absolute Gasteiger partial charge is 0.273 e. The van der Waals surface area contributed by atoms with Crippen LogP contribution in [0.2, 0.25) is 0 Å². The maximum absolute atomic E-state index is 12.8. The second-order valence-corrected chi connectivity index (χ2v) is 5.40. The standard InChI is InChI=1S/C15H20N2O3/c1-2-12-4-3-5-13(16-12)14(18)17-7-9-20-11-15(17)6-8-19-10-15/h3-5H,2,6-11H2,1H3/t15-/m0/s1. The molecule has 1 amide bonds. The van der Waals surface area contributed by atoms with Crippen molar-refractivity contribution in [2.24, 2.45) is 0 Å². The van der Waals surface area contributed by atoms with Gasteiger partial charge in [0, 0.05) is 18.8 Å². The highest BCUT2D eigenvalue weighted by molar-refractivity contribution is 5.93. The summed E-state index contributed by atoms with van der Waals surface area (Å²) in [6.45, 7) is 5.05. The molecule has 0 saturated carbocycles. The van der Waals surface area contributed by atoms with Crippen LogP contribution in [-0.4, -0.2) is 54.3 Å². The lowest BCUT2D eigenvalue weighted by molar-refractivity contribution is -0.0553. The van der Waals surface area contributed by atoms with E-state index in [0.717, 1.165) is 18.5 Å². The van der Waals surface area contributed by atoms with E-state index in [-0.39, 0.29) is 11.4 Å². The highest BCUT2D eigenvalue weighted by Crippen LogP contribution is 2.30. The molecule has 5 nitrogen and oxygen atoms in total. The van der Waals surface area contributed by atoms with E-state index < -0.39 is 0 Å². The number of nitrogens with zero attached hydrogens (tertiary/aromatic N) is 2. The summed E-state index contributed by atoms with van der Waals surface area (Å²) in [5.41, 5.74) is 1.18. The molecule has 0 unspecified atom stereocenters. The van der Waals surface area contributed by atoms with Crippen molar-refractivity contribution < 1.29 is 14.3 Å². The van der Waals surface area contributed by atoms with Gasteiger partial charge in [-0.05, 0) is 25.0 Å². The van der Waals surface area contributed by atoms with Crippen LogP contribution in [0, 0.1) is 0 Å². The lowest BCUT2D eigenvalue weighted by Crippen LogP contribution is -2.59. The van der Waals surface area contributed by atoms with Gasteiger partial charge in [-0.3, -0.25) is 4.79 Å². The summed E-state index contributed by atoms with van der Waals surface area (Å²) in [6.07, 6.45) is 1.67. The lowest BCUT2D eigenvalue weighted by atomic mass is 9.95. The minimum atomic E-state index is -0.292. The molecule has 2 fully saturated rings. The summed E-state index contributed by atoms with van der Waals surface area (Å²) in [5, 5.41) is 0. The summed E-state index contributed by atoms with van der Waals surface area (Å²) in [4.78, 5) is 19.1. The molecule has 0 aromatic carbocycles. The second kappa shape index (κ2) is 5.50. The molecule has 2 aliphatic heterocycles. The number of hydrogen-bond donors (Lipinski definition) is 0. The highest BCUT2D eigenvalue weighted by atomic mass is 16.5. The molecular formula is C15H20N2O3. The van der Waals surface area contributed by atoms with E-state index in [1.165, 1.54) is 0 Å². The monoisotopic (exact) mass is 276 g/mol. The molecule has 0 N–H and O–H groups in total. The number of carbonyl (C=O) groups is 1. The first-order valence-corrected chi connectivity index (χ1v) is 7.18. The predicted octanol–water partition coefficient (Wildman–Crippen LogP) is 1.28. The molecular weight excluding hydrogens is 256 g/mol. The zero-order valence-corrected chi connectivity index (χ0v) is 11.8. The largest absolute Gasteiger partial charge is 0.379 e. The molecule has 1 aromatic heterocycles. The molecule has 2 aliphatic rings. The summed E-state index contributed by atoms with van der Waals surface area (Å²) < 4.78 is 11.1. The molecule has 5 heteroatoms. The van der Waals surface area contributed by atoms with Gasteiger partial charge in [0.15, 0.2) is 0 Å². The molecule has 0 bridgehead atoms. The molecule has 3 heterocycles. The van der Waals surface area contributed by atoms with Gasteiger partial charge < -0.3 is 14.4 Å². The van der Waals surface area contributed by atoms with Crippen molar-refractivity contribution in [1.82, 2.24) is 9.88 Å². The molecule has 2 saturated heterocycles. The average molecular weight is 276 g/mol. The first kappa shape index (κ1) is 13.5. The normalized spacial score (nSPS) is 26.1. The Morgan fingerprint density at radius 2 is 2.15 bits per heavy atom. The Hall–Kier alpha value is -1.46. The van der Waals surface area contributed by atoms with Crippen molar-refractivity contribution in [3.63, 3.8) is 0 Å². The Morgan fingerprint density at radius 1 is 1.35 bits per heavy atom. The summed E-state index contributed by atoms with van der Waals surface area (Å²) >= 11 is 0. The van der Waals surface area contributed by atoms with Crippen LogP contribution in [-0.2, 0) is 15.9 Å². The van der Waals surface area contributed by atoms with Crippen molar-refractivity contribution in [1.29, 1.82) is 0 Å². The molecule has 0 aliphatic carbocycles. The van der Waals surface area contributed by atoms with E-state index in [0.29, 0.717) is 38.7 Å². The summed E-state index contributed by atoms with van der Waals surface area (Å²) in [5.74, 6) is -0.00546. The zero-order valence-electron chi connectivity index (χ0n) is 11.8. The molecule has 3 rings (SSSR count). The van der Waals surface area contributed by atoms with Gasteiger partial charge in [0.05, 0.1) is 25.4 Å². The maximum Gasteiger partial charge on any atom is 0.273 e. The van der Waals surface area contributed by atoms with E-state index in [2.05, 4.69) is 4.98 Å². The molecule has 108 valence electrons. The maximum atomic E-state index is 12.8. The Labute approximate surface area is 118 Å². The van der Waals surface area contributed by atoms with E-state index in [1.54, 1.807) is 6.07 Å². The van der Waals surface area contributed by atoms with Crippen LogP contribution >= 0.6 is 0 Å². The quantitative estimate of drug-likeness (QED) is 0.816. The molecule has 1 aromatic rings. The Balaban J connectivity index is 1.87. The second-order valence-electron chi connectivity index (χ2n) is 5.40. The van der Waals surface area contributed by atoms with Gasteiger partial charge in [0.2, 0.25) is 0 Å². The topological polar surface area (TPSA) is 51.7 Å². The zero-order chi connectivity index (χ0) is 14.0. The van der Waals surface area contributed by atoms with Crippen LogP contribution < -0.4 is 0 Å². The third-order valence-corrected chi connectivity index (χ3v) is 4.12. The van der Waals surface area contributed by atoms with Crippen LogP contribution in [0.3, 0.4) is 0 Å². The van der Waals surface area contributed by atoms with E-state index in [1.807, 2.05) is 24.0 Å². The van der Waals surface area contributed by atoms with Crippen LogP contribution in [0.1, 0.15) is 29.5 Å². The van der Waals surface area contributed by atoms with Crippen LogP contribution in [0.5, 0.6) is 0 Å². The Bertz CT molecular complexity index is 498. The van der Waals surface area contributed by atoms with Crippen molar-refractivity contribution >= 4 is 5.91 Å². The third kappa shape index (κ3) is 2.31. The third-order valence-electron chi connectivity index (χ3n) is 4.12. The van der Waals surface area contributed by atoms with Crippen LogP contribution in [0.4, 0.5) is 0 Å². The lowest BCUT2D eigenvalue weighted by Gasteiger charge is -2.43. The van der Waals surface area contributed by atoms with Gasteiger partial charge in [0.25, 0.3) is 5.91 Å². The fourth-order valence-corrected chi connectivity index (χ4v) is 2.91. The van der Waals surface area contributed by atoms with Gasteiger partial charge in [-0.15, -0.1) is 0 Å². The first-order valence-electron chi connectivity index (χ1n) is 7.18. The van der Waals surface area contributed by atoms with Crippen LogP contribution in [0.25, 0.3) is 0 Å². The number of aromatic nitrogens is 1. The van der Waals surface area contributed by atoms with E-state index in [4.69, 9.17) is 9.47 Å². The minimum absolute atomic E-state index is 0.00546. The van der Waals surface area contributed by atoms with Gasteiger partial charge in [-0.2, -0.15) is 0 Å². The number of carbonyl (C=O) groups excluding carboxylic acids is 1. The number of aryl methyl sites for hydroxylation is 1. The number of ether oxygens (including phenoxy) is 2. The Kier molecular flexibility index (Phi) is 3.72. The van der Waals surface area contributed by atoms with Gasteiger partial charge in [-0.25, -0.2) is 4.98 Å². The highest BCUT2D eigenvalue weighted by Gasteiger charge is 2.45. The minimum Gasteiger partial charge on any atom is -0.379 e. The number of rotatable bonds is 2. The number of pyridine rings is 1. The van der Waals surface area contributed by atoms with Gasteiger partial charge in [-0.1, -0.05) is 13.0 Å². The SMILES string of the molecule is CCc1cccc(C(=O)N2CCOC[C@@]23CCOC3)n1. The van der Waals surface area contributed by atoms with Gasteiger partial charge >= 0.3 is 0 Å². The predicted molar refractivity (Wildman–Crippen MR) is 73.6 cm³/mol. The number of morpholine rings is 1. The molecule has 1 spiro atoms. The Morgan fingerprint density at radius 3 is 2.90 bits per heavy atom. The molecule has 20 heavy (non-hydrogen) atoms. The van der Waals surface area contributed by atoms with Crippen molar-refractivity contribution in [2.45, 2.75) is 25.3 Å². The van der Waals surface area contributed by atoms with Crippen molar-refractivity contribution in [3.8, 4) is 0 Å². The summed E-state index contributed by atoms with van der Waals surface area (Å²) in [7, 11) is 0. The molecule has 1 atom stereocenters. The summed E-state index contributed by atoms with van der Waals surface area (Å²) in [6, 6.07) is 5.64. The van der Waals surface area contributed by atoms with E-state index in [9.17, 15) is 4.79 Å². The number of amides is 1. The fraction of sp³-hybridized carbons (Fsp3) is 0.600. The first-order chi connectivity index (χ1) is 9.75. The fourth-order valence-electron chi connectivity index (χ4n) is 2.91.